The maximum Gasteiger partial charge on any atom is 0.417 e. The number of fused-ring (bicyclic) bond motifs is 1. The van der Waals surface area contributed by atoms with Crippen LogP contribution in [-0.2, 0) is 12.6 Å². The van der Waals surface area contributed by atoms with E-state index in [1.807, 2.05) is 0 Å². The molecule has 10 heteroatoms. The van der Waals surface area contributed by atoms with Crippen molar-refractivity contribution in [3.63, 3.8) is 0 Å². The number of halogens is 3. The Morgan fingerprint density at radius 1 is 1.21 bits per heavy atom. The predicted octanol–water partition coefficient (Wildman–Crippen LogP) is 3.57. The van der Waals surface area contributed by atoms with Gasteiger partial charge in [0.2, 0.25) is 0 Å². The zero-order chi connectivity index (χ0) is 20.6. The number of carboxylic acids is 1. The van der Waals surface area contributed by atoms with E-state index in [0.717, 1.165) is 28.8 Å². The Kier molecular flexibility index (Phi) is 4.72. The highest BCUT2D eigenvalue weighted by atomic mass is 19.4. The van der Waals surface area contributed by atoms with Crippen molar-refractivity contribution in [1.82, 2.24) is 9.38 Å². The number of aryl methyl sites for hydroxylation is 1. The van der Waals surface area contributed by atoms with Crippen molar-refractivity contribution in [3.05, 3.63) is 59.0 Å². The summed E-state index contributed by atoms with van der Waals surface area (Å²) < 4.78 is 40.1. The Hall–Kier alpha value is -3.56. The number of carbonyl (C=O) groups is 2. The average molecular weight is 393 g/mol. The molecule has 0 saturated heterocycles. The summed E-state index contributed by atoms with van der Waals surface area (Å²) in [4.78, 5) is 28.0. The molecule has 0 aliphatic rings. The molecule has 146 valence electrons. The van der Waals surface area contributed by atoms with Crippen LogP contribution in [0.2, 0.25) is 0 Å². The number of alkyl halides is 3. The summed E-state index contributed by atoms with van der Waals surface area (Å²) in [5, 5.41) is 21.0. The van der Waals surface area contributed by atoms with Crippen LogP contribution in [0, 0.1) is 0 Å². The third kappa shape index (κ3) is 3.48. The number of imidazole rings is 1. The first-order valence-electron chi connectivity index (χ1n) is 8.07. The van der Waals surface area contributed by atoms with Gasteiger partial charge in [-0.05, 0) is 36.8 Å². The molecule has 28 heavy (non-hydrogen) atoms. The first-order chi connectivity index (χ1) is 13.1. The van der Waals surface area contributed by atoms with E-state index in [9.17, 15) is 27.9 Å². The number of aromatic carboxylic acids is 1. The van der Waals surface area contributed by atoms with Crippen LogP contribution in [0.3, 0.4) is 0 Å². The Morgan fingerprint density at radius 2 is 1.93 bits per heavy atom. The minimum absolute atomic E-state index is 0.0594. The molecule has 2 aromatic heterocycles. The van der Waals surface area contributed by atoms with Crippen molar-refractivity contribution in [2.45, 2.75) is 19.5 Å². The number of carboxylic acid groups (broad SMARTS) is 1. The van der Waals surface area contributed by atoms with Crippen molar-refractivity contribution in [2.24, 2.45) is 0 Å². The largest absolute Gasteiger partial charge is 0.507 e. The van der Waals surface area contributed by atoms with Crippen molar-refractivity contribution >= 4 is 23.2 Å². The van der Waals surface area contributed by atoms with Crippen LogP contribution in [0.5, 0.6) is 5.75 Å². The fourth-order valence-corrected chi connectivity index (χ4v) is 2.72. The van der Waals surface area contributed by atoms with E-state index >= 15 is 0 Å². The van der Waals surface area contributed by atoms with Gasteiger partial charge < -0.3 is 15.5 Å². The summed E-state index contributed by atoms with van der Waals surface area (Å²) in [5.41, 5.74) is -0.934. The molecule has 0 atom stereocenters. The Balaban J connectivity index is 2.05. The number of aromatic nitrogens is 2. The van der Waals surface area contributed by atoms with E-state index in [1.165, 1.54) is 12.1 Å². The van der Waals surface area contributed by atoms with Crippen molar-refractivity contribution < 1.29 is 33.0 Å². The normalized spacial score (nSPS) is 11.6. The molecule has 0 saturated carbocycles. The Bertz CT molecular complexity index is 1090. The Labute approximate surface area is 156 Å². The molecule has 0 spiro atoms. The van der Waals surface area contributed by atoms with Crippen LogP contribution in [-0.4, -0.2) is 31.5 Å². The van der Waals surface area contributed by atoms with E-state index in [4.69, 9.17) is 5.11 Å². The molecule has 2 heterocycles. The minimum atomic E-state index is -4.59. The number of anilines is 1. The molecule has 1 aromatic carbocycles. The molecule has 3 N–H and O–H groups in total. The SMILES string of the molecule is CCc1nc2ccc(C(F)(F)F)cn2c1C(=O)Nc1ccc(O)c(C(=O)O)c1. The van der Waals surface area contributed by atoms with Gasteiger partial charge in [-0.1, -0.05) is 6.92 Å². The van der Waals surface area contributed by atoms with Crippen LogP contribution in [0.15, 0.2) is 36.5 Å². The third-order valence-corrected chi connectivity index (χ3v) is 4.05. The second kappa shape index (κ2) is 6.87. The van der Waals surface area contributed by atoms with E-state index < -0.39 is 34.9 Å². The molecule has 1 amide bonds. The maximum atomic E-state index is 13.0. The number of benzene rings is 1. The smallest absolute Gasteiger partial charge is 0.417 e. The maximum absolute atomic E-state index is 13.0. The van der Waals surface area contributed by atoms with Gasteiger partial charge in [0, 0.05) is 11.9 Å². The number of rotatable bonds is 4. The van der Waals surface area contributed by atoms with Crippen LogP contribution in [0.4, 0.5) is 18.9 Å². The van der Waals surface area contributed by atoms with Gasteiger partial charge in [-0.3, -0.25) is 9.20 Å². The highest BCUT2D eigenvalue weighted by Gasteiger charge is 2.32. The fraction of sp³-hybridized carbons (Fsp3) is 0.167. The number of amides is 1. The molecule has 3 rings (SSSR count). The Morgan fingerprint density at radius 3 is 2.54 bits per heavy atom. The molecule has 7 nitrogen and oxygen atoms in total. The van der Waals surface area contributed by atoms with E-state index in [-0.39, 0.29) is 22.7 Å². The number of pyridine rings is 1. The number of hydrogen-bond donors (Lipinski definition) is 3. The van der Waals surface area contributed by atoms with Gasteiger partial charge >= 0.3 is 12.1 Å². The molecule has 0 aliphatic carbocycles. The molecule has 0 bridgehead atoms. The standard InChI is InChI=1S/C18H14F3N3O4/c1-2-12-15(24-8-9(18(19,20)21)3-6-14(24)23-12)16(26)22-10-4-5-13(25)11(7-10)17(27)28/h3-8,25H,2H2,1H3,(H,22,26)(H,27,28). The average Bonchev–Trinajstić information content (AvgIpc) is 3.00. The molecular weight excluding hydrogens is 379 g/mol. The van der Waals surface area contributed by atoms with Crippen molar-refractivity contribution in [3.8, 4) is 5.75 Å². The highest BCUT2D eigenvalue weighted by Crippen LogP contribution is 2.30. The van der Waals surface area contributed by atoms with Crippen molar-refractivity contribution in [1.29, 1.82) is 0 Å². The first kappa shape index (κ1) is 19.2. The topological polar surface area (TPSA) is 104 Å². The lowest BCUT2D eigenvalue weighted by Crippen LogP contribution is -2.17. The number of carbonyl (C=O) groups excluding carboxylic acids is 1. The second-order valence-corrected chi connectivity index (χ2v) is 5.90. The zero-order valence-electron chi connectivity index (χ0n) is 14.4. The molecule has 0 aliphatic heterocycles. The number of phenols is 1. The summed E-state index contributed by atoms with van der Waals surface area (Å²) in [6.07, 6.45) is -3.51. The van der Waals surface area contributed by atoms with Gasteiger partial charge in [0.05, 0.1) is 11.3 Å². The lowest BCUT2D eigenvalue weighted by Gasteiger charge is -2.10. The lowest BCUT2D eigenvalue weighted by atomic mass is 10.1. The zero-order valence-corrected chi connectivity index (χ0v) is 14.4. The van der Waals surface area contributed by atoms with Crippen LogP contribution >= 0.6 is 0 Å². The van der Waals surface area contributed by atoms with Gasteiger partial charge in [0.15, 0.2) is 0 Å². The predicted molar refractivity (Wildman–Crippen MR) is 92.6 cm³/mol. The number of aromatic hydroxyl groups is 1. The highest BCUT2D eigenvalue weighted by molar-refractivity contribution is 6.05. The van der Waals surface area contributed by atoms with E-state index in [0.29, 0.717) is 6.42 Å². The molecular formula is C18H14F3N3O4. The molecule has 0 unspecified atom stereocenters. The molecule has 0 radical (unpaired) electrons. The summed E-state index contributed by atoms with van der Waals surface area (Å²) in [7, 11) is 0. The first-order valence-corrected chi connectivity index (χ1v) is 8.07. The summed E-state index contributed by atoms with van der Waals surface area (Å²) in [6.45, 7) is 1.70. The number of nitrogens with one attached hydrogen (secondary N) is 1. The quantitative estimate of drug-likeness (QED) is 0.588. The van der Waals surface area contributed by atoms with Crippen LogP contribution in [0.25, 0.3) is 5.65 Å². The second-order valence-electron chi connectivity index (χ2n) is 5.90. The molecule has 0 fully saturated rings. The van der Waals surface area contributed by atoms with Crippen LogP contribution < -0.4 is 5.32 Å². The third-order valence-electron chi connectivity index (χ3n) is 4.05. The summed E-state index contributed by atoms with van der Waals surface area (Å²) in [5.74, 6) is -2.64. The molecule has 3 aromatic rings. The van der Waals surface area contributed by atoms with Gasteiger partial charge in [0.1, 0.15) is 22.7 Å². The number of nitrogens with zero attached hydrogens (tertiary/aromatic N) is 2. The van der Waals surface area contributed by atoms with Crippen molar-refractivity contribution in [2.75, 3.05) is 5.32 Å². The number of hydrogen-bond acceptors (Lipinski definition) is 4. The fourth-order valence-electron chi connectivity index (χ4n) is 2.72. The van der Waals surface area contributed by atoms with Gasteiger partial charge in [-0.15, -0.1) is 0 Å². The van der Waals surface area contributed by atoms with Crippen LogP contribution in [0.1, 0.15) is 39.0 Å². The van der Waals surface area contributed by atoms with E-state index in [1.54, 1.807) is 6.92 Å². The van der Waals surface area contributed by atoms with Gasteiger partial charge in [-0.25, -0.2) is 9.78 Å². The van der Waals surface area contributed by atoms with Gasteiger partial charge in [0.25, 0.3) is 5.91 Å². The van der Waals surface area contributed by atoms with E-state index in [2.05, 4.69) is 10.3 Å². The summed E-state index contributed by atoms with van der Waals surface area (Å²) >= 11 is 0. The lowest BCUT2D eigenvalue weighted by molar-refractivity contribution is -0.137. The van der Waals surface area contributed by atoms with Gasteiger partial charge in [-0.2, -0.15) is 13.2 Å². The minimum Gasteiger partial charge on any atom is -0.507 e. The monoisotopic (exact) mass is 393 g/mol. The summed E-state index contributed by atoms with van der Waals surface area (Å²) in [6, 6.07) is 5.46.